The quantitative estimate of drug-likeness (QED) is 0.296. The van der Waals surface area contributed by atoms with Crippen molar-refractivity contribution in [2.45, 2.75) is 58.8 Å². The van der Waals surface area contributed by atoms with Crippen LogP contribution in [-0.2, 0) is 25.5 Å². The molecule has 0 aliphatic heterocycles. The molecule has 0 aromatic heterocycles. The molecule has 0 radical (unpaired) electrons. The van der Waals surface area contributed by atoms with Gasteiger partial charge in [0, 0.05) is 0 Å². The summed E-state index contributed by atoms with van der Waals surface area (Å²) >= 11 is 0. The van der Waals surface area contributed by atoms with Crippen LogP contribution in [0.1, 0.15) is 57.9 Å². The first-order valence-corrected chi connectivity index (χ1v) is 9.58. The highest BCUT2D eigenvalue weighted by molar-refractivity contribution is 5.95. The Morgan fingerprint density at radius 3 is 1.77 bits per heavy atom. The minimum absolute atomic E-state index is 0.267. The molecular weight excluding hydrogens is 332 g/mol. The summed E-state index contributed by atoms with van der Waals surface area (Å²) in [5, 5.41) is 0. The molecule has 26 heavy (non-hydrogen) atoms. The summed E-state index contributed by atoms with van der Waals surface area (Å²) in [6, 6.07) is 7.32. The van der Waals surface area contributed by atoms with E-state index in [9.17, 15) is 9.59 Å². The van der Waals surface area contributed by atoms with Gasteiger partial charge in [-0.05, 0) is 37.0 Å². The van der Waals surface area contributed by atoms with Gasteiger partial charge in [-0.1, -0.05) is 51.7 Å². The van der Waals surface area contributed by atoms with Crippen molar-refractivity contribution in [2.24, 2.45) is 5.92 Å². The van der Waals surface area contributed by atoms with Crippen LogP contribution in [0.25, 0.3) is 0 Å². The monoisotopic (exact) mass is 364 g/mol. The van der Waals surface area contributed by atoms with E-state index in [-0.39, 0.29) is 6.42 Å². The molecule has 1 rings (SSSR count). The fraction of sp³-hybridized carbons (Fsp3) is 0.619. The molecule has 1 aromatic rings. The Balaban J connectivity index is 2.68. The van der Waals surface area contributed by atoms with Crippen molar-refractivity contribution < 1.29 is 23.8 Å². The maximum atomic E-state index is 12.4. The number of hydrogen-bond donors (Lipinski definition) is 0. The summed E-state index contributed by atoms with van der Waals surface area (Å²) in [5.41, 5.74) is 0.867. The van der Waals surface area contributed by atoms with Gasteiger partial charge in [0.15, 0.2) is 5.92 Å². The molecule has 146 valence electrons. The Hall–Kier alpha value is -2.04. The number of rotatable bonds is 13. The number of esters is 2. The van der Waals surface area contributed by atoms with Gasteiger partial charge >= 0.3 is 11.9 Å². The average Bonchev–Trinajstić information content (AvgIpc) is 2.66. The van der Waals surface area contributed by atoms with Crippen molar-refractivity contribution in [2.75, 3.05) is 20.3 Å². The molecule has 0 amide bonds. The minimum atomic E-state index is -0.924. The van der Waals surface area contributed by atoms with Crippen molar-refractivity contribution in [1.29, 1.82) is 0 Å². The van der Waals surface area contributed by atoms with Crippen LogP contribution < -0.4 is 4.74 Å². The molecule has 0 N–H and O–H groups in total. The van der Waals surface area contributed by atoms with Gasteiger partial charge in [0.2, 0.25) is 0 Å². The SMILES string of the molecule is CCCCCOC(=O)C(Cc1ccc(OC)cc1)C(=O)OCCCCC. The molecular formula is C21H32O5. The molecule has 0 atom stereocenters. The minimum Gasteiger partial charge on any atom is -0.497 e. The van der Waals surface area contributed by atoms with E-state index in [0.29, 0.717) is 13.2 Å². The standard InChI is InChI=1S/C21H32O5/c1-4-6-8-14-25-20(22)19(21(23)26-15-9-7-5-2)16-17-10-12-18(24-3)13-11-17/h10-13,19H,4-9,14-16H2,1-3H3. The second kappa shape index (κ2) is 13.2. The molecule has 0 unspecified atom stereocenters. The molecule has 0 heterocycles. The Bertz CT molecular complexity index is 500. The Kier molecular flexibility index (Phi) is 11.2. The van der Waals surface area contributed by atoms with Gasteiger partial charge in [-0.2, -0.15) is 0 Å². The predicted octanol–water partition coefficient (Wildman–Crippen LogP) is 4.32. The second-order valence-corrected chi connectivity index (χ2v) is 6.35. The van der Waals surface area contributed by atoms with Gasteiger partial charge in [-0.25, -0.2) is 0 Å². The maximum absolute atomic E-state index is 12.4. The van der Waals surface area contributed by atoms with Gasteiger partial charge < -0.3 is 14.2 Å². The van der Waals surface area contributed by atoms with Crippen molar-refractivity contribution in [3.63, 3.8) is 0 Å². The highest BCUT2D eigenvalue weighted by Crippen LogP contribution is 2.17. The van der Waals surface area contributed by atoms with Crippen LogP contribution in [0.15, 0.2) is 24.3 Å². The van der Waals surface area contributed by atoms with Crippen LogP contribution in [-0.4, -0.2) is 32.3 Å². The first kappa shape index (κ1) is 22.0. The van der Waals surface area contributed by atoms with Gasteiger partial charge in [0.05, 0.1) is 20.3 Å². The third-order valence-corrected chi connectivity index (χ3v) is 4.15. The van der Waals surface area contributed by atoms with Gasteiger partial charge in [0.25, 0.3) is 0 Å². The van der Waals surface area contributed by atoms with E-state index in [0.717, 1.165) is 49.8 Å². The summed E-state index contributed by atoms with van der Waals surface area (Å²) in [5.74, 6) is -1.20. The van der Waals surface area contributed by atoms with E-state index in [1.807, 2.05) is 24.3 Å². The van der Waals surface area contributed by atoms with E-state index in [2.05, 4.69) is 13.8 Å². The third kappa shape index (κ3) is 8.37. The fourth-order valence-electron chi connectivity index (χ4n) is 2.51. The lowest BCUT2D eigenvalue weighted by molar-refractivity contribution is -0.162. The first-order valence-electron chi connectivity index (χ1n) is 9.58. The normalized spacial score (nSPS) is 10.6. The summed E-state index contributed by atoms with van der Waals surface area (Å²) in [4.78, 5) is 24.8. The molecule has 0 spiro atoms. The fourth-order valence-corrected chi connectivity index (χ4v) is 2.51. The molecule has 0 fully saturated rings. The molecule has 0 bridgehead atoms. The Labute approximate surface area is 157 Å². The highest BCUT2D eigenvalue weighted by Gasteiger charge is 2.30. The van der Waals surface area contributed by atoms with E-state index in [4.69, 9.17) is 14.2 Å². The third-order valence-electron chi connectivity index (χ3n) is 4.15. The molecule has 5 heteroatoms. The lowest BCUT2D eigenvalue weighted by atomic mass is 9.99. The number of hydrogen-bond acceptors (Lipinski definition) is 5. The number of methoxy groups -OCH3 is 1. The molecule has 1 aromatic carbocycles. The molecule has 0 saturated heterocycles. The lowest BCUT2D eigenvalue weighted by Crippen LogP contribution is -2.30. The smallest absolute Gasteiger partial charge is 0.320 e. The van der Waals surface area contributed by atoms with E-state index >= 15 is 0 Å². The predicted molar refractivity (Wildman–Crippen MR) is 101 cm³/mol. The summed E-state index contributed by atoms with van der Waals surface area (Å²) in [7, 11) is 1.60. The van der Waals surface area contributed by atoms with E-state index in [1.165, 1.54) is 0 Å². The average molecular weight is 364 g/mol. The largest absolute Gasteiger partial charge is 0.497 e. The van der Waals surface area contributed by atoms with Crippen LogP contribution in [0.2, 0.25) is 0 Å². The summed E-state index contributed by atoms with van der Waals surface area (Å²) in [6.07, 6.45) is 5.98. The number of carbonyl (C=O) groups excluding carboxylic acids is 2. The van der Waals surface area contributed by atoms with Gasteiger partial charge in [0.1, 0.15) is 5.75 Å². The number of unbranched alkanes of at least 4 members (excludes halogenated alkanes) is 4. The molecule has 0 saturated carbocycles. The highest BCUT2D eigenvalue weighted by atomic mass is 16.6. The van der Waals surface area contributed by atoms with Crippen LogP contribution in [0.5, 0.6) is 5.75 Å². The van der Waals surface area contributed by atoms with Crippen molar-refractivity contribution >= 4 is 11.9 Å². The van der Waals surface area contributed by atoms with Gasteiger partial charge in [-0.15, -0.1) is 0 Å². The number of carbonyl (C=O) groups is 2. The zero-order valence-corrected chi connectivity index (χ0v) is 16.3. The number of benzene rings is 1. The Morgan fingerprint density at radius 1 is 0.846 bits per heavy atom. The maximum Gasteiger partial charge on any atom is 0.320 e. The molecule has 5 nitrogen and oxygen atoms in total. The topological polar surface area (TPSA) is 61.8 Å². The van der Waals surface area contributed by atoms with E-state index < -0.39 is 17.9 Å². The second-order valence-electron chi connectivity index (χ2n) is 6.35. The van der Waals surface area contributed by atoms with E-state index in [1.54, 1.807) is 7.11 Å². The number of ether oxygens (including phenoxy) is 3. The van der Waals surface area contributed by atoms with Crippen molar-refractivity contribution in [1.82, 2.24) is 0 Å². The first-order chi connectivity index (χ1) is 12.6. The van der Waals surface area contributed by atoms with Crippen LogP contribution in [0.4, 0.5) is 0 Å². The summed E-state index contributed by atoms with van der Waals surface area (Å²) in [6.45, 7) is 4.85. The lowest BCUT2D eigenvalue weighted by Gasteiger charge is -2.16. The Morgan fingerprint density at radius 2 is 1.35 bits per heavy atom. The zero-order chi connectivity index (χ0) is 19.2. The van der Waals surface area contributed by atoms with Crippen molar-refractivity contribution in [3.8, 4) is 5.75 Å². The molecule has 0 aliphatic rings. The van der Waals surface area contributed by atoms with Crippen LogP contribution in [0, 0.1) is 5.92 Å². The van der Waals surface area contributed by atoms with Gasteiger partial charge in [-0.3, -0.25) is 9.59 Å². The summed E-state index contributed by atoms with van der Waals surface area (Å²) < 4.78 is 15.8. The van der Waals surface area contributed by atoms with Crippen LogP contribution >= 0.6 is 0 Å². The zero-order valence-electron chi connectivity index (χ0n) is 16.3. The van der Waals surface area contributed by atoms with Crippen molar-refractivity contribution in [3.05, 3.63) is 29.8 Å². The molecule has 0 aliphatic carbocycles. The van der Waals surface area contributed by atoms with Crippen LogP contribution in [0.3, 0.4) is 0 Å².